The van der Waals surface area contributed by atoms with Crippen molar-refractivity contribution in [1.29, 1.82) is 0 Å². The number of allylic oxidation sites excluding steroid dienone is 4. The van der Waals surface area contributed by atoms with Crippen molar-refractivity contribution in [3.63, 3.8) is 0 Å². The van der Waals surface area contributed by atoms with Crippen LogP contribution < -0.4 is 0 Å². The SMILES string of the molecule is CC(C)c1cc(C(C)C)c(C2(c3ccccc3[N+](=O)[O-])C=CC=CC2)c(C(C)C)c1. The van der Waals surface area contributed by atoms with Crippen molar-refractivity contribution in [2.45, 2.75) is 71.1 Å². The molecule has 0 amide bonds. The summed E-state index contributed by atoms with van der Waals surface area (Å²) in [5.74, 6) is 1.06. The first kappa shape index (κ1) is 22.0. The van der Waals surface area contributed by atoms with E-state index < -0.39 is 5.41 Å². The summed E-state index contributed by atoms with van der Waals surface area (Å²) >= 11 is 0. The minimum atomic E-state index is -0.548. The summed E-state index contributed by atoms with van der Waals surface area (Å²) in [6, 6.07) is 11.9. The number of nitrogens with zero attached hydrogens (tertiary/aromatic N) is 1. The first-order valence-electron chi connectivity index (χ1n) is 11.0. The molecule has 2 aromatic rings. The van der Waals surface area contributed by atoms with Crippen LogP contribution in [-0.2, 0) is 5.41 Å². The summed E-state index contributed by atoms with van der Waals surface area (Å²) in [6.07, 6.45) is 9.12. The van der Waals surface area contributed by atoms with Gasteiger partial charge in [-0.15, -0.1) is 0 Å². The van der Waals surface area contributed by atoms with E-state index in [1.165, 1.54) is 22.3 Å². The van der Waals surface area contributed by atoms with Crippen molar-refractivity contribution < 1.29 is 4.92 Å². The third kappa shape index (κ3) is 3.86. The predicted octanol–water partition coefficient (Wildman–Crippen LogP) is 7.77. The fraction of sp³-hybridized carbons (Fsp3) is 0.407. The molecule has 3 rings (SSSR count). The Kier molecular flexibility index (Phi) is 6.30. The summed E-state index contributed by atoms with van der Waals surface area (Å²) in [7, 11) is 0. The Morgan fingerprint density at radius 1 is 0.900 bits per heavy atom. The maximum absolute atomic E-state index is 12.0. The fourth-order valence-electron chi connectivity index (χ4n) is 4.62. The molecule has 1 atom stereocenters. The van der Waals surface area contributed by atoms with Gasteiger partial charge in [0.1, 0.15) is 0 Å². The first-order valence-corrected chi connectivity index (χ1v) is 11.0. The second-order valence-electron chi connectivity index (χ2n) is 9.28. The summed E-state index contributed by atoms with van der Waals surface area (Å²) in [5.41, 5.74) is 5.58. The van der Waals surface area contributed by atoms with Crippen molar-refractivity contribution >= 4 is 5.69 Å². The Labute approximate surface area is 180 Å². The van der Waals surface area contributed by atoms with Crippen LogP contribution in [0.3, 0.4) is 0 Å². The Morgan fingerprint density at radius 3 is 1.97 bits per heavy atom. The predicted molar refractivity (Wildman–Crippen MR) is 125 cm³/mol. The van der Waals surface area contributed by atoms with Crippen LogP contribution in [-0.4, -0.2) is 4.92 Å². The average Bonchev–Trinajstić information content (AvgIpc) is 2.73. The number of hydrogen-bond donors (Lipinski definition) is 0. The van der Waals surface area contributed by atoms with Gasteiger partial charge in [0.2, 0.25) is 0 Å². The Morgan fingerprint density at radius 2 is 1.50 bits per heavy atom. The Hall–Kier alpha value is -2.68. The lowest BCUT2D eigenvalue weighted by atomic mass is 9.64. The first-order chi connectivity index (χ1) is 14.2. The van der Waals surface area contributed by atoms with Crippen LogP contribution in [0, 0.1) is 10.1 Å². The summed E-state index contributed by atoms with van der Waals surface area (Å²) in [4.78, 5) is 11.7. The Balaban J connectivity index is 2.46. The lowest BCUT2D eigenvalue weighted by Gasteiger charge is -2.38. The van der Waals surface area contributed by atoms with Crippen LogP contribution in [0.2, 0.25) is 0 Å². The van der Waals surface area contributed by atoms with Gasteiger partial charge in [0, 0.05) is 17.0 Å². The molecule has 1 aliphatic rings. The highest BCUT2D eigenvalue weighted by atomic mass is 16.6. The zero-order chi connectivity index (χ0) is 22.1. The van der Waals surface area contributed by atoms with Crippen molar-refractivity contribution in [3.05, 3.63) is 98.6 Å². The topological polar surface area (TPSA) is 43.1 Å². The largest absolute Gasteiger partial charge is 0.273 e. The number of hydrogen-bond acceptors (Lipinski definition) is 2. The normalized spacial score (nSPS) is 18.6. The van der Waals surface area contributed by atoms with Gasteiger partial charge in [-0.05, 0) is 46.4 Å². The van der Waals surface area contributed by atoms with Gasteiger partial charge in [-0.3, -0.25) is 10.1 Å². The molecule has 0 spiro atoms. The van der Waals surface area contributed by atoms with Crippen molar-refractivity contribution in [2.24, 2.45) is 0 Å². The van der Waals surface area contributed by atoms with Crippen molar-refractivity contribution in [1.82, 2.24) is 0 Å². The van der Waals surface area contributed by atoms with Crippen molar-refractivity contribution in [2.75, 3.05) is 0 Å². The molecule has 0 fully saturated rings. The second kappa shape index (κ2) is 8.59. The molecule has 0 saturated heterocycles. The third-order valence-corrected chi connectivity index (χ3v) is 6.23. The summed E-state index contributed by atoms with van der Waals surface area (Å²) < 4.78 is 0. The highest BCUT2D eigenvalue weighted by Gasteiger charge is 2.41. The van der Waals surface area contributed by atoms with Gasteiger partial charge < -0.3 is 0 Å². The molecular weight excluding hydrogens is 370 g/mol. The van der Waals surface area contributed by atoms with Gasteiger partial charge in [0.15, 0.2) is 0 Å². The van der Waals surface area contributed by atoms with Gasteiger partial charge >= 0.3 is 0 Å². The highest BCUT2D eigenvalue weighted by Crippen LogP contribution is 2.49. The van der Waals surface area contributed by atoms with Crippen LogP contribution in [0.25, 0.3) is 0 Å². The summed E-state index contributed by atoms with van der Waals surface area (Å²) in [5, 5.41) is 12.0. The molecule has 3 nitrogen and oxygen atoms in total. The van der Waals surface area contributed by atoms with Crippen LogP contribution in [0.4, 0.5) is 5.69 Å². The maximum atomic E-state index is 12.0. The molecule has 0 bridgehead atoms. The van der Waals surface area contributed by atoms with Gasteiger partial charge in [0.05, 0.1) is 4.92 Å². The molecule has 0 heterocycles. The minimum absolute atomic E-state index is 0.190. The van der Waals surface area contributed by atoms with E-state index in [2.05, 4.69) is 65.8 Å². The van der Waals surface area contributed by atoms with Crippen LogP contribution >= 0.6 is 0 Å². The van der Waals surface area contributed by atoms with E-state index in [1.54, 1.807) is 12.1 Å². The zero-order valence-electron chi connectivity index (χ0n) is 19.0. The fourth-order valence-corrected chi connectivity index (χ4v) is 4.62. The van der Waals surface area contributed by atoms with Gasteiger partial charge in [-0.1, -0.05) is 96.2 Å². The lowest BCUT2D eigenvalue weighted by molar-refractivity contribution is -0.385. The van der Waals surface area contributed by atoms with Crippen molar-refractivity contribution in [3.8, 4) is 0 Å². The molecule has 3 heteroatoms. The summed E-state index contributed by atoms with van der Waals surface area (Å²) in [6.45, 7) is 13.4. The second-order valence-corrected chi connectivity index (χ2v) is 9.28. The third-order valence-electron chi connectivity index (χ3n) is 6.23. The highest BCUT2D eigenvalue weighted by molar-refractivity contribution is 5.61. The van der Waals surface area contributed by atoms with Crippen LogP contribution in [0.1, 0.15) is 93.5 Å². The number of para-hydroxylation sites is 1. The molecule has 2 aromatic carbocycles. The molecule has 1 aliphatic carbocycles. The quantitative estimate of drug-likeness (QED) is 0.365. The number of nitro benzene ring substituents is 1. The van der Waals surface area contributed by atoms with Crippen LogP contribution in [0.5, 0.6) is 0 Å². The standard InChI is InChI=1S/C27H33NO2/c1-18(2)21-16-22(19(3)4)26(23(17-21)20(5)6)27(14-10-7-11-15-27)24-12-8-9-13-25(24)28(29)30/h7-14,16-20H,15H2,1-6H3. The smallest absolute Gasteiger partial charge is 0.258 e. The molecule has 0 radical (unpaired) electrons. The maximum Gasteiger partial charge on any atom is 0.273 e. The van der Waals surface area contributed by atoms with Gasteiger partial charge in [-0.2, -0.15) is 0 Å². The van der Waals surface area contributed by atoms with E-state index in [9.17, 15) is 10.1 Å². The molecule has 1 unspecified atom stereocenters. The Bertz CT molecular complexity index is 969. The molecule has 0 N–H and O–H groups in total. The average molecular weight is 404 g/mol. The molecule has 0 saturated carbocycles. The molecule has 30 heavy (non-hydrogen) atoms. The van der Waals surface area contributed by atoms with E-state index in [4.69, 9.17) is 0 Å². The zero-order valence-corrected chi connectivity index (χ0v) is 19.0. The number of rotatable bonds is 6. The molecule has 0 aromatic heterocycles. The minimum Gasteiger partial charge on any atom is -0.258 e. The number of nitro groups is 1. The monoisotopic (exact) mass is 403 g/mol. The van der Waals surface area contributed by atoms with E-state index in [1.807, 2.05) is 24.3 Å². The van der Waals surface area contributed by atoms with E-state index in [-0.39, 0.29) is 10.6 Å². The van der Waals surface area contributed by atoms with Crippen LogP contribution in [0.15, 0.2) is 60.7 Å². The molecular formula is C27H33NO2. The molecule has 0 aliphatic heterocycles. The lowest BCUT2D eigenvalue weighted by Crippen LogP contribution is -2.31. The van der Waals surface area contributed by atoms with E-state index in [0.29, 0.717) is 17.8 Å². The van der Waals surface area contributed by atoms with E-state index >= 15 is 0 Å². The van der Waals surface area contributed by atoms with Gasteiger partial charge in [0.25, 0.3) is 5.69 Å². The molecule has 158 valence electrons. The number of benzene rings is 2. The van der Waals surface area contributed by atoms with Gasteiger partial charge in [-0.25, -0.2) is 0 Å². The van der Waals surface area contributed by atoms with E-state index in [0.717, 1.165) is 12.0 Å².